The Labute approximate surface area is 218 Å². The summed E-state index contributed by atoms with van der Waals surface area (Å²) < 4.78 is 15.8. The summed E-state index contributed by atoms with van der Waals surface area (Å²) in [5, 5.41) is 6.90. The van der Waals surface area contributed by atoms with Gasteiger partial charge in [-0.25, -0.2) is 4.39 Å². The Hall–Kier alpha value is -3.75. The topological polar surface area (TPSA) is 62.2 Å². The van der Waals surface area contributed by atoms with E-state index in [-0.39, 0.29) is 29.4 Å². The highest BCUT2D eigenvalue weighted by Gasteiger charge is 2.41. The fraction of sp³-hybridized carbons (Fsp3) is 0.148. The van der Waals surface area contributed by atoms with Gasteiger partial charge in [-0.2, -0.15) is 0 Å². The van der Waals surface area contributed by atoms with Crippen LogP contribution in [0.1, 0.15) is 29.9 Å². The van der Waals surface area contributed by atoms with Crippen LogP contribution in [0.2, 0.25) is 5.02 Å². The second-order valence-electron chi connectivity index (χ2n) is 8.39. The van der Waals surface area contributed by atoms with Crippen LogP contribution in [-0.2, 0) is 4.79 Å². The molecule has 0 bridgehead atoms. The lowest BCUT2D eigenvalue weighted by Crippen LogP contribution is -2.33. The summed E-state index contributed by atoms with van der Waals surface area (Å²) in [4.78, 5) is 19.3. The van der Waals surface area contributed by atoms with Crippen molar-refractivity contribution in [1.29, 1.82) is 0 Å². The molecule has 2 atom stereocenters. The molecule has 2 aromatic heterocycles. The molecule has 2 unspecified atom stereocenters. The number of carbonyl (C=O) groups is 1. The standard InChI is InChI=1S/C27H23ClFN5OS/c28-20-17-19(11-12-21(20)29)33-15-6-10-23(33)26-25(22-9-4-5-14-30-22)32-27(36)34(26)16-13-24(35)31-18-7-2-1-3-8-18/h1-12,14-15,17,25-26H,13,16H2,(H,31,35)(H,32,36). The minimum atomic E-state index is -0.477. The van der Waals surface area contributed by atoms with E-state index in [9.17, 15) is 9.18 Å². The molecule has 9 heteroatoms. The monoisotopic (exact) mass is 519 g/mol. The van der Waals surface area contributed by atoms with Gasteiger partial charge in [0.25, 0.3) is 0 Å². The van der Waals surface area contributed by atoms with Gasteiger partial charge >= 0.3 is 0 Å². The molecule has 3 heterocycles. The Kier molecular flexibility index (Phi) is 6.97. The van der Waals surface area contributed by atoms with Gasteiger partial charge in [0, 0.05) is 42.4 Å². The number of hydrogen-bond acceptors (Lipinski definition) is 3. The van der Waals surface area contributed by atoms with Crippen LogP contribution < -0.4 is 10.6 Å². The number of pyridine rings is 1. The normalized spacial score (nSPS) is 17.2. The van der Waals surface area contributed by atoms with Crippen molar-refractivity contribution in [2.45, 2.75) is 18.5 Å². The van der Waals surface area contributed by atoms with Gasteiger partial charge in [0.1, 0.15) is 5.82 Å². The molecule has 0 spiro atoms. The van der Waals surface area contributed by atoms with Crippen LogP contribution >= 0.6 is 23.8 Å². The van der Waals surface area contributed by atoms with Crippen molar-refractivity contribution >= 4 is 40.5 Å². The van der Waals surface area contributed by atoms with Crippen molar-refractivity contribution in [3.05, 3.63) is 113 Å². The van der Waals surface area contributed by atoms with Crippen LogP contribution in [0.3, 0.4) is 0 Å². The Balaban J connectivity index is 1.46. The van der Waals surface area contributed by atoms with Crippen molar-refractivity contribution in [3.63, 3.8) is 0 Å². The summed E-state index contributed by atoms with van der Waals surface area (Å²) in [7, 11) is 0. The molecule has 2 N–H and O–H groups in total. The number of para-hydroxylation sites is 1. The molecule has 0 radical (unpaired) electrons. The third-order valence-electron chi connectivity index (χ3n) is 6.10. The van der Waals surface area contributed by atoms with Gasteiger partial charge < -0.3 is 20.1 Å². The first-order valence-corrected chi connectivity index (χ1v) is 12.3. The zero-order chi connectivity index (χ0) is 25.1. The zero-order valence-corrected chi connectivity index (χ0v) is 20.7. The van der Waals surface area contributed by atoms with Crippen LogP contribution in [0, 0.1) is 5.82 Å². The summed E-state index contributed by atoms with van der Waals surface area (Å²) in [5.74, 6) is -0.583. The lowest BCUT2D eigenvalue weighted by atomic mass is 10.0. The SMILES string of the molecule is O=C(CCN1C(=S)NC(c2ccccn2)C1c1cccn1-c1ccc(F)c(Cl)c1)Nc1ccccc1. The summed E-state index contributed by atoms with van der Waals surface area (Å²) in [5.41, 5.74) is 3.20. The number of rotatable bonds is 7. The van der Waals surface area contributed by atoms with Gasteiger partial charge in [0.15, 0.2) is 5.11 Å². The molecule has 6 nitrogen and oxygen atoms in total. The van der Waals surface area contributed by atoms with E-state index in [1.807, 2.05) is 76.3 Å². The molecular formula is C27H23ClFN5OS. The number of aromatic nitrogens is 2. The average molecular weight is 520 g/mol. The highest BCUT2D eigenvalue weighted by Crippen LogP contribution is 2.39. The lowest BCUT2D eigenvalue weighted by Gasteiger charge is -2.29. The van der Waals surface area contributed by atoms with Gasteiger partial charge in [0.05, 0.1) is 22.8 Å². The molecule has 1 fully saturated rings. The van der Waals surface area contributed by atoms with E-state index in [1.54, 1.807) is 18.3 Å². The predicted octanol–water partition coefficient (Wildman–Crippen LogP) is 5.67. The molecule has 1 aliphatic heterocycles. The largest absolute Gasteiger partial charge is 0.352 e. The molecule has 182 valence electrons. The number of nitrogens with one attached hydrogen (secondary N) is 2. The Morgan fingerprint density at radius 1 is 1.08 bits per heavy atom. The predicted molar refractivity (Wildman–Crippen MR) is 143 cm³/mol. The quantitative estimate of drug-likeness (QED) is 0.308. The molecule has 0 aliphatic carbocycles. The number of halogens is 2. The van der Waals surface area contributed by atoms with Crippen LogP contribution in [-0.4, -0.2) is 32.0 Å². The Morgan fingerprint density at radius 3 is 2.64 bits per heavy atom. The summed E-state index contributed by atoms with van der Waals surface area (Å²) in [6.07, 6.45) is 3.88. The third kappa shape index (κ3) is 4.96. The Morgan fingerprint density at radius 2 is 1.89 bits per heavy atom. The van der Waals surface area contributed by atoms with Crippen molar-refractivity contribution in [3.8, 4) is 5.69 Å². The fourth-order valence-electron chi connectivity index (χ4n) is 4.44. The van der Waals surface area contributed by atoms with E-state index >= 15 is 0 Å². The highest BCUT2D eigenvalue weighted by molar-refractivity contribution is 7.80. The molecule has 4 aromatic rings. The number of nitrogens with zero attached hydrogens (tertiary/aromatic N) is 3. The smallest absolute Gasteiger partial charge is 0.226 e. The van der Waals surface area contributed by atoms with Gasteiger partial charge in [0.2, 0.25) is 5.91 Å². The molecule has 0 saturated carbocycles. The number of anilines is 1. The second-order valence-corrected chi connectivity index (χ2v) is 9.18. The lowest BCUT2D eigenvalue weighted by molar-refractivity contribution is -0.116. The molecule has 1 aliphatic rings. The van der Waals surface area contributed by atoms with Crippen LogP contribution in [0.25, 0.3) is 5.69 Å². The van der Waals surface area contributed by atoms with E-state index in [0.717, 1.165) is 22.8 Å². The summed E-state index contributed by atoms with van der Waals surface area (Å²) >= 11 is 11.8. The first-order chi connectivity index (χ1) is 17.5. The van der Waals surface area contributed by atoms with Crippen LogP contribution in [0.5, 0.6) is 0 Å². The number of amides is 1. The zero-order valence-electron chi connectivity index (χ0n) is 19.1. The number of benzene rings is 2. The van der Waals surface area contributed by atoms with Crippen LogP contribution in [0.4, 0.5) is 10.1 Å². The molecule has 5 rings (SSSR count). The second kappa shape index (κ2) is 10.5. The van der Waals surface area contributed by atoms with Crippen molar-refractivity contribution < 1.29 is 9.18 Å². The number of thiocarbonyl (C=S) groups is 1. The fourth-order valence-corrected chi connectivity index (χ4v) is 4.95. The van der Waals surface area contributed by atoms with Gasteiger partial charge in [-0.3, -0.25) is 9.78 Å². The average Bonchev–Trinajstić information content (AvgIpc) is 3.50. The maximum absolute atomic E-state index is 13.8. The van der Waals surface area contributed by atoms with E-state index in [0.29, 0.717) is 11.7 Å². The van der Waals surface area contributed by atoms with Gasteiger partial charge in [-0.1, -0.05) is 35.9 Å². The summed E-state index contributed by atoms with van der Waals surface area (Å²) in [6.45, 7) is 0.397. The van der Waals surface area contributed by atoms with Gasteiger partial charge in [-0.05, 0) is 66.8 Å². The molecule has 36 heavy (non-hydrogen) atoms. The van der Waals surface area contributed by atoms with Gasteiger partial charge in [-0.15, -0.1) is 0 Å². The number of hydrogen-bond donors (Lipinski definition) is 2. The van der Waals surface area contributed by atoms with Crippen LogP contribution in [0.15, 0.2) is 91.3 Å². The maximum Gasteiger partial charge on any atom is 0.226 e. The molecule has 2 aromatic carbocycles. The van der Waals surface area contributed by atoms with Crippen molar-refractivity contribution in [2.24, 2.45) is 0 Å². The third-order valence-corrected chi connectivity index (χ3v) is 6.74. The first kappa shape index (κ1) is 24.0. The van der Waals surface area contributed by atoms with Crippen molar-refractivity contribution in [1.82, 2.24) is 19.8 Å². The molecular weight excluding hydrogens is 497 g/mol. The summed E-state index contributed by atoms with van der Waals surface area (Å²) in [6, 6.07) is 23.1. The Bertz CT molecular complexity index is 1380. The van der Waals surface area contributed by atoms with Crippen molar-refractivity contribution in [2.75, 3.05) is 11.9 Å². The maximum atomic E-state index is 13.8. The van der Waals surface area contributed by atoms with E-state index < -0.39 is 5.82 Å². The van der Waals surface area contributed by atoms with E-state index in [1.165, 1.54) is 6.07 Å². The van der Waals surface area contributed by atoms with E-state index in [2.05, 4.69) is 15.6 Å². The van der Waals surface area contributed by atoms with E-state index in [4.69, 9.17) is 23.8 Å². The number of carbonyl (C=O) groups excluding carboxylic acids is 1. The minimum Gasteiger partial charge on any atom is -0.352 e. The first-order valence-electron chi connectivity index (χ1n) is 11.5. The highest BCUT2D eigenvalue weighted by atomic mass is 35.5. The minimum absolute atomic E-state index is 0.0444. The molecule has 1 amide bonds. The molecule has 1 saturated heterocycles.